The van der Waals surface area contributed by atoms with E-state index in [-0.39, 0.29) is 30.1 Å². The summed E-state index contributed by atoms with van der Waals surface area (Å²) in [5, 5.41) is 10.6. The lowest BCUT2D eigenvalue weighted by atomic mass is 10.1. The first-order chi connectivity index (χ1) is 12.7. The molecule has 7 nitrogen and oxygen atoms in total. The number of rotatable bonds is 14. The monoisotopic (exact) mass is 495 g/mol. The Morgan fingerprint density at radius 1 is 1.07 bits per heavy atom. The van der Waals surface area contributed by atoms with E-state index < -0.39 is 0 Å². The topological polar surface area (TPSA) is 84.6 Å². The number of nitrogens with zero attached hydrogens (tertiary/aromatic N) is 3. The SMILES string of the molecule is CCCCCCCCCNC(=NCc1nc(C(C)OCC)no1)NCC.I. The molecule has 0 saturated carbocycles. The summed E-state index contributed by atoms with van der Waals surface area (Å²) in [5.74, 6) is 1.86. The molecule has 0 fully saturated rings. The first-order valence-electron chi connectivity index (χ1n) is 10.2. The summed E-state index contributed by atoms with van der Waals surface area (Å²) in [6.07, 6.45) is 8.95. The Kier molecular flexibility index (Phi) is 16.6. The minimum absolute atomic E-state index is 0. The van der Waals surface area contributed by atoms with E-state index in [4.69, 9.17) is 9.26 Å². The van der Waals surface area contributed by atoms with Crippen LogP contribution in [0.2, 0.25) is 0 Å². The second-order valence-electron chi connectivity index (χ2n) is 6.39. The zero-order valence-corrected chi connectivity index (χ0v) is 19.8. The smallest absolute Gasteiger partial charge is 0.248 e. The molecule has 0 aliphatic carbocycles. The maximum atomic E-state index is 5.47. The summed E-state index contributed by atoms with van der Waals surface area (Å²) < 4.78 is 10.7. The third-order valence-corrected chi connectivity index (χ3v) is 4.05. The Hall–Kier alpha value is -0.900. The van der Waals surface area contributed by atoms with Crippen LogP contribution in [0.3, 0.4) is 0 Å². The number of halogens is 1. The quantitative estimate of drug-likeness (QED) is 0.170. The van der Waals surface area contributed by atoms with E-state index in [1.165, 1.54) is 38.5 Å². The van der Waals surface area contributed by atoms with E-state index in [0.29, 0.717) is 24.9 Å². The van der Waals surface area contributed by atoms with Crippen molar-refractivity contribution in [1.29, 1.82) is 0 Å². The lowest BCUT2D eigenvalue weighted by Gasteiger charge is -2.10. The Labute approximate surface area is 181 Å². The van der Waals surface area contributed by atoms with Gasteiger partial charge in [0.25, 0.3) is 0 Å². The van der Waals surface area contributed by atoms with Crippen molar-refractivity contribution in [2.45, 2.75) is 85.3 Å². The highest BCUT2D eigenvalue weighted by molar-refractivity contribution is 14.0. The molecule has 1 aromatic heterocycles. The van der Waals surface area contributed by atoms with Crippen LogP contribution < -0.4 is 10.6 Å². The standard InChI is InChI=1S/C19H37N5O2.HI/c1-5-8-9-10-11-12-13-14-21-19(20-6-2)22-15-17-23-18(24-26-17)16(4)25-7-3;/h16H,5-15H2,1-4H3,(H2,20,21,22);1H. The summed E-state index contributed by atoms with van der Waals surface area (Å²) >= 11 is 0. The lowest BCUT2D eigenvalue weighted by Crippen LogP contribution is -2.37. The Morgan fingerprint density at radius 2 is 1.78 bits per heavy atom. The van der Waals surface area contributed by atoms with Gasteiger partial charge >= 0.3 is 0 Å². The molecule has 1 unspecified atom stereocenters. The van der Waals surface area contributed by atoms with Crippen molar-refractivity contribution < 1.29 is 9.26 Å². The fourth-order valence-electron chi connectivity index (χ4n) is 2.60. The molecule has 1 aromatic rings. The highest BCUT2D eigenvalue weighted by Crippen LogP contribution is 2.13. The number of aromatic nitrogens is 2. The van der Waals surface area contributed by atoms with Crippen molar-refractivity contribution in [1.82, 2.24) is 20.8 Å². The molecule has 27 heavy (non-hydrogen) atoms. The van der Waals surface area contributed by atoms with Crippen LogP contribution in [0.25, 0.3) is 0 Å². The fourth-order valence-corrected chi connectivity index (χ4v) is 2.60. The van der Waals surface area contributed by atoms with Gasteiger partial charge in [-0.05, 0) is 27.2 Å². The Bertz CT molecular complexity index is 496. The van der Waals surface area contributed by atoms with Crippen LogP contribution in [0, 0.1) is 0 Å². The van der Waals surface area contributed by atoms with Gasteiger partial charge in [-0.2, -0.15) is 4.98 Å². The average molecular weight is 495 g/mol. The van der Waals surface area contributed by atoms with Crippen LogP contribution in [0.1, 0.15) is 90.5 Å². The molecular weight excluding hydrogens is 457 g/mol. The van der Waals surface area contributed by atoms with E-state index in [0.717, 1.165) is 25.5 Å². The Balaban J connectivity index is 0.00000676. The molecule has 0 aliphatic rings. The highest BCUT2D eigenvalue weighted by atomic mass is 127. The molecule has 2 N–H and O–H groups in total. The van der Waals surface area contributed by atoms with Crippen LogP contribution in [0.15, 0.2) is 9.52 Å². The third kappa shape index (κ3) is 12.2. The van der Waals surface area contributed by atoms with Crippen LogP contribution in [-0.2, 0) is 11.3 Å². The summed E-state index contributed by atoms with van der Waals surface area (Å²) in [5.41, 5.74) is 0. The van der Waals surface area contributed by atoms with Gasteiger partial charge in [-0.15, -0.1) is 24.0 Å². The number of ether oxygens (including phenoxy) is 1. The van der Waals surface area contributed by atoms with Crippen LogP contribution in [-0.4, -0.2) is 35.8 Å². The van der Waals surface area contributed by atoms with Gasteiger partial charge in [0.05, 0.1) is 0 Å². The third-order valence-electron chi connectivity index (χ3n) is 4.05. The van der Waals surface area contributed by atoms with E-state index >= 15 is 0 Å². The van der Waals surface area contributed by atoms with Crippen molar-refractivity contribution in [3.05, 3.63) is 11.7 Å². The number of nitrogens with one attached hydrogen (secondary N) is 2. The molecule has 0 bridgehead atoms. The second kappa shape index (κ2) is 17.2. The predicted octanol–water partition coefficient (Wildman–Crippen LogP) is 4.59. The van der Waals surface area contributed by atoms with Gasteiger partial charge in [0, 0.05) is 19.7 Å². The summed E-state index contributed by atoms with van der Waals surface area (Å²) in [7, 11) is 0. The van der Waals surface area contributed by atoms with Crippen molar-refractivity contribution in [3.63, 3.8) is 0 Å². The van der Waals surface area contributed by atoms with Crippen LogP contribution >= 0.6 is 24.0 Å². The van der Waals surface area contributed by atoms with Crippen molar-refractivity contribution in [2.75, 3.05) is 19.7 Å². The highest BCUT2D eigenvalue weighted by Gasteiger charge is 2.13. The van der Waals surface area contributed by atoms with Crippen LogP contribution in [0.5, 0.6) is 0 Å². The molecular formula is C19H38IN5O2. The van der Waals surface area contributed by atoms with Gasteiger partial charge in [-0.3, -0.25) is 0 Å². The molecule has 0 radical (unpaired) electrons. The first kappa shape index (κ1) is 26.1. The van der Waals surface area contributed by atoms with E-state index in [9.17, 15) is 0 Å². The minimum Gasteiger partial charge on any atom is -0.371 e. The molecule has 8 heteroatoms. The molecule has 0 aromatic carbocycles. The normalized spacial score (nSPS) is 12.5. The van der Waals surface area contributed by atoms with Crippen molar-refractivity contribution in [3.8, 4) is 0 Å². The molecule has 0 aliphatic heterocycles. The maximum Gasteiger partial charge on any atom is 0.248 e. The number of aliphatic imine (C=N–C) groups is 1. The van der Waals surface area contributed by atoms with E-state index in [1.54, 1.807) is 0 Å². The number of guanidine groups is 1. The first-order valence-corrected chi connectivity index (χ1v) is 10.2. The molecule has 0 amide bonds. The van der Waals surface area contributed by atoms with E-state index in [2.05, 4.69) is 39.6 Å². The predicted molar refractivity (Wildman–Crippen MR) is 121 cm³/mol. The summed E-state index contributed by atoms with van der Waals surface area (Å²) in [6, 6.07) is 0. The van der Waals surface area contributed by atoms with Gasteiger partial charge in [0.15, 0.2) is 11.8 Å². The van der Waals surface area contributed by atoms with Gasteiger partial charge in [-0.1, -0.05) is 50.6 Å². The molecule has 0 saturated heterocycles. The summed E-state index contributed by atoms with van der Waals surface area (Å²) in [6.45, 7) is 10.9. The molecule has 1 rings (SSSR count). The number of unbranched alkanes of at least 4 members (excludes halogenated alkanes) is 6. The maximum absolute atomic E-state index is 5.47. The van der Waals surface area contributed by atoms with Gasteiger partial charge in [-0.25, -0.2) is 4.99 Å². The number of hydrogen-bond acceptors (Lipinski definition) is 5. The lowest BCUT2D eigenvalue weighted by molar-refractivity contribution is 0.0683. The fraction of sp³-hybridized carbons (Fsp3) is 0.842. The second-order valence-corrected chi connectivity index (χ2v) is 6.39. The number of hydrogen-bond donors (Lipinski definition) is 2. The summed E-state index contributed by atoms with van der Waals surface area (Å²) in [4.78, 5) is 8.86. The largest absolute Gasteiger partial charge is 0.371 e. The average Bonchev–Trinajstić information content (AvgIpc) is 3.11. The van der Waals surface area contributed by atoms with Gasteiger partial charge in [0.2, 0.25) is 5.89 Å². The zero-order valence-electron chi connectivity index (χ0n) is 17.4. The molecule has 158 valence electrons. The van der Waals surface area contributed by atoms with Crippen molar-refractivity contribution >= 4 is 29.9 Å². The van der Waals surface area contributed by atoms with E-state index in [1.807, 2.05) is 13.8 Å². The van der Waals surface area contributed by atoms with Gasteiger partial charge in [0.1, 0.15) is 12.6 Å². The molecule has 0 spiro atoms. The zero-order chi connectivity index (χ0) is 19.0. The van der Waals surface area contributed by atoms with Crippen molar-refractivity contribution in [2.24, 2.45) is 4.99 Å². The minimum atomic E-state index is -0.162. The molecule has 1 heterocycles. The van der Waals surface area contributed by atoms with Crippen LogP contribution in [0.4, 0.5) is 0 Å². The Morgan fingerprint density at radius 3 is 2.44 bits per heavy atom. The molecule has 1 atom stereocenters. The van der Waals surface area contributed by atoms with Gasteiger partial charge < -0.3 is 19.9 Å².